The zero-order valence-corrected chi connectivity index (χ0v) is 17.1. The first-order valence-electron chi connectivity index (χ1n) is 9.35. The minimum Gasteiger partial charge on any atom is -0.270 e. The number of sulfonamides is 2. The summed E-state index contributed by atoms with van der Waals surface area (Å²) in [5.41, 5.74) is 1.74. The van der Waals surface area contributed by atoms with E-state index in [9.17, 15) is 16.8 Å². The first-order valence-corrected chi connectivity index (χ1v) is 12.4. The van der Waals surface area contributed by atoms with Crippen LogP contribution in [0.25, 0.3) is 0 Å². The lowest BCUT2D eigenvalue weighted by Gasteiger charge is -2.29. The molecule has 1 aromatic carbocycles. The van der Waals surface area contributed by atoms with E-state index in [2.05, 4.69) is 4.72 Å². The molecule has 0 aromatic heterocycles. The van der Waals surface area contributed by atoms with Gasteiger partial charge in [0.15, 0.2) is 0 Å². The van der Waals surface area contributed by atoms with Gasteiger partial charge in [0.2, 0.25) is 20.0 Å². The van der Waals surface area contributed by atoms with Crippen molar-refractivity contribution < 1.29 is 16.8 Å². The molecule has 0 spiro atoms. The van der Waals surface area contributed by atoms with Gasteiger partial charge in [-0.15, -0.1) is 0 Å². The van der Waals surface area contributed by atoms with Crippen molar-refractivity contribution in [3.63, 3.8) is 0 Å². The van der Waals surface area contributed by atoms with Crippen LogP contribution in [0.3, 0.4) is 0 Å². The molecule has 0 bridgehead atoms. The molecule has 1 N–H and O–H groups in total. The van der Waals surface area contributed by atoms with Gasteiger partial charge in [-0.25, -0.2) is 21.6 Å². The maximum Gasteiger partial charge on any atom is 0.241 e. The zero-order valence-electron chi connectivity index (χ0n) is 15.5. The highest BCUT2D eigenvalue weighted by atomic mass is 32.2. The Labute approximate surface area is 157 Å². The average molecular weight is 401 g/mol. The highest BCUT2D eigenvalue weighted by Gasteiger charge is 2.29. The van der Waals surface area contributed by atoms with Crippen molar-refractivity contribution in [2.24, 2.45) is 0 Å². The average Bonchev–Trinajstić information content (AvgIpc) is 2.53. The van der Waals surface area contributed by atoms with Gasteiger partial charge in [-0.2, -0.15) is 0 Å². The Kier molecular flexibility index (Phi) is 5.65. The van der Waals surface area contributed by atoms with E-state index < -0.39 is 20.0 Å². The van der Waals surface area contributed by atoms with Crippen LogP contribution < -0.4 is 9.03 Å². The van der Waals surface area contributed by atoms with E-state index in [0.717, 1.165) is 38.5 Å². The van der Waals surface area contributed by atoms with Gasteiger partial charge in [0.1, 0.15) is 0 Å². The highest BCUT2D eigenvalue weighted by Crippen LogP contribution is 2.31. The molecule has 1 heterocycles. The molecule has 146 valence electrons. The number of hydrogen-bond acceptors (Lipinski definition) is 4. The lowest BCUT2D eigenvalue weighted by Crippen LogP contribution is -2.38. The van der Waals surface area contributed by atoms with Gasteiger partial charge in [-0.05, 0) is 62.8 Å². The quantitative estimate of drug-likeness (QED) is 0.842. The summed E-state index contributed by atoms with van der Waals surface area (Å²) in [7, 11) is -6.93. The van der Waals surface area contributed by atoms with Gasteiger partial charge >= 0.3 is 0 Å². The van der Waals surface area contributed by atoms with Crippen LogP contribution in [0.1, 0.15) is 56.1 Å². The van der Waals surface area contributed by atoms with Crippen LogP contribution in [0, 0.1) is 13.8 Å². The number of benzene rings is 1. The molecule has 2 fully saturated rings. The maximum absolute atomic E-state index is 12.9. The molecule has 1 saturated heterocycles. The molecule has 0 atom stereocenters. The first-order chi connectivity index (χ1) is 12.2. The Morgan fingerprint density at radius 3 is 2.19 bits per heavy atom. The van der Waals surface area contributed by atoms with E-state index in [-0.39, 0.29) is 16.7 Å². The zero-order chi connectivity index (χ0) is 18.9. The van der Waals surface area contributed by atoms with Crippen LogP contribution in [-0.2, 0) is 20.0 Å². The van der Waals surface area contributed by atoms with Crippen molar-refractivity contribution in [2.45, 2.75) is 69.7 Å². The topological polar surface area (TPSA) is 83.6 Å². The predicted octanol–water partition coefficient (Wildman–Crippen LogP) is 2.84. The predicted molar refractivity (Wildman–Crippen MR) is 103 cm³/mol. The molecule has 0 amide bonds. The van der Waals surface area contributed by atoms with Crippen molar-refractivity contribution in [1.82, 2.24) is 4.72 Å². The third kappa shape index (κ3) is 4.07. The Hall–Kier alpha value is -1.12. The smallest absolute Gasteiger partial charge is 0.241 e. The second kappa shape index (κ2) is 7.48. The van der Waals surface area contributed by atoms with Crippen molar-refractivity contribution in [3.05, 3.63) is 23.3 Å². The van der Waals surface area contributed by atoms with Crippen molar-refractivity contribution in [1.29, 1.82) is 0 Å². The van der Waals surface area contributed by atoms with Crippen LogP contribution >= 0.6 is 0 Å². The number of hydrogen-bond donors (Lipinski definition) is 1. The molecule has 0 radical (unpaired) electrons. The molecular weight excluding hydrogens is 372 g/mol. The lowest BCUT2D eigenvalue weighted by molar-refractivity contribution is 0.412. The molecule has 2 aliphatic rings. The normalized spacial score (nSPS) is 21.7. The highest BCUT2D eigenvalue weighted by molar-refractivity contribution is 7.92. The minimum atomic E-state index is -3.62. The molecule has 1 saturated carbocycles. The standard InChI is InChI=1S/C18H28N2O4S2/c1-14-12-17(20-10-6-7-11-25(20,21)22)13-15(2)18(14)26(23,24)19-16-8-4-3-5-9-16/h12-13,16,19H,3-11H2,1-2H3. The molecule has 3 rings (SSSR count). The van der Waals surface area contributed by atoms with Crippen LogP contribution in [-0.4, -0.2) is 35.2 Å². The minimum absolute atomic E-state index is 0.00491. The number of nitrogens with one attached hydrogen (secondary N) is 1. The molecule has 0 unspecified atom stereocenters. The maximum atomic E-state index is 12.9. The summed E-state index contributed by atoms with van der Waals surface area (Å²) in [6.07, 6.45) is 6.52. The number of aryl methyl sites for hydroxylation is 2. The van der Waals surface area contributed by atoms with E-state index in [1.54, 1.807) is 26.0 Å². The summed E-state index contributed by atoms with van der Waals surface area (Å²) in [6, 6.07) is 3.37. The summed E-state index contributed by atoms with van der Waals surface area (Å²) < 4.78 is 54.8. The molecule has 1 aromatic rings. The van der Waals surface area contributed by atoms with Crippen molar-refractivity contribution in [2.75, 3.05) is 16.6 Å². The third-order valence-electron chi connectivity index (χ3n) is 5.28. The van der Waals surface area contributed by atoms with E-state index in [4.69, 9.17) is 0 Å². The Bertz CT molecular complexity index is 849. The van der Waals surface area contributed by atoms with Crippen LogP contribution in [0.5, 0.6) is 0 Å². The Morgan fingerprint density at radius 2 is 1.62 bits per heavy atom. The van der Waals surface area contributed by atoms with Gasteiger partial charge in [-0.1, -0.05) is 19.3 Å². The van der Waals surface area contributed by atoms with Crippen molar-refractivity contribution in [3.8, 4) is 0 Å². The Balaban J connectivity index is 1.92. The van der Waals surface area contributed by atoms with E-state index in [1.807, 2.05) is 0 Å². The molecule has 26 heavy (non-hydrogen) atoms. The van der Waals surface area contributed by atoms with Gasteiger partial charge in [0.05, 0.1) is 16.3 Å². The van der Waals surface area contributed by atoms with E-state index in [1.165, 1.54) is 4.31 Å². The first kappa shape index (κ1) is 19.6. The fourth-order valence-electron chi connectivity index (χ4n) is 4.07. The molecule has 1 aliphatic carbocycles. The summed E-state index contributed by atoms with van der Waals surface area (Å²) in [6.45, 7) is 3.93. The summed E-state index contributed by atoms with van der Waals surface area (Å²) in [5, 5.41) is 0. The molecule has 6 nitrogen and oxygen atoms in total. The third-order valence-corrected chi connectivity index (χ3v) is 8.97. The number of nitrogens with zero attached hydrogens (tertiary/aromatic N) is 1. The summed E-state index contributed by atoms with van der Waals surface area (Å²) in [4.78, 5) is 0.279. The van der Waals surface area contributed by atoms with Crippen molar-refractivity contribution >= 4 is 25.7 Å². The second-order valence-corrected chi connectivity index (χ2v) is 11.1. The fraction of sp³-hybridized carbons (Fsp3) is 0.667. The van der Waals surface area contributed by atoms with Crippen LogP contribution in [0.2, 0.25) is 0 Å². The summed E-state index contributed by atoms with van der Waals surface area (Å²) in [5.74, 6) is 0.147. The van der Waals surface area contributed by atoms with Crippen LogP contribution in [0.4, 0.5) is 5.69 Å². The van der Waals surface area contributed by atoms with Gasteiger partial charge < -0.3 is 0 Å². The van der Waals surface area contributed by atoms with Crippen LogP contribution in [0.15, 0.2) is 17.0 Å². The monoisotopic (exact) mass is 400 g/mol. The summed E-state index contributed by atoms with van der Waals surface area (Å²) >= 11 is 0. The van der Waals surface area contributed by atoms with Gasteiger partial charge in [0, 0.05) is 12.6 Å². The SMILES string of the molecule is Cc1cc(N2CCCCS2(=O)=O)cc(C)c1S(=O)(=O)NC1CCCCC1. The lowest BCUT2D eigenvalue weighted by atomic mass is 9.96. The number of anilines is 1. The van der Waals surface area contributed by atoms with Gasteiger partial charge in [0.25, 0.3) is 0 Å². The second-order valence-electron chi connectivity index (χ2n) is 7.46. The Morgan fingerprint density at radius 1 is 1.00 bits per heavy atom. The molecule has 8 heteroatoms. The van der Waals surface area contributed by atoms with E-state index in [0.29, 0.717) is 29.8 Å². The fourth-order valence-corrected chi connectivity index (χ4v) is 7.45. The number of rotatable bonds is 4. The largest absolute Gasteiger partial charge is 0.270 e. The van der Waals surface area contributed by atoms with Gasteiger partial charge in [-0.3, -0.25) is 4.31 Å². The molecular formula is C18H28N2O4S2. The molecule has 1 aliphatic heterocycles. The van der Waals surface area contributed by atoms with E-state index >= 15 is 0 Å².